The molecule has 1 aromatic rings. The average Bonchev–Trinajstić information content (AvgIpc) is 2.35. The summed E-state index contributed by atoms with van der Waals surface area (Å²) in [5, 5.41) is 8.92. The maximum atomic E-state index is 10.9. The molecule has 0 aromatic carbocycles. The second kappa shape index (κ2) is 6.06. The number of ether oxygens (including phenoxy) is 1. The van der Waals surface area contributed by atoms with E-state index in [0.29, 0.717) is 11.6 Å². The minimum atomic E-state index is -0.994. The van der Waals surface area contributed by atoms with Crippen LogP contribution in [0.25, 0.3) is 0 Å². The van der Waals surface area contributed by atoms with Gasteiger partial charge in [0, 0.05) is 16.6 Å². The highest BCUT2D eigenvalue weighted by molar-refractivity contribution is 7.99. The van der Waals surface area contributed by atoms with E-state index < -0.39 is 16.8 Å². The van der Waals surface area contributed by atoms with Gasteiger partial charge < -0.3 is 15.6 Å². The van der Waals surface area contributed by atoms with Crippen molar-refractivity contribution in [3.05, 3.63) is 23.9 Å². The summed E-state index contributed by atoms with van der Waals surface area (Å²) in [6.07, 6.45) is 0. The lowest BCUT2D eigenvalue weighted by Crippen LogP contribution is -2.46. The van der Waals surface area contributed by atoms with E-state index in [1.54, 1.807) is 13.2 Å². The number of carbonyl (C=O) groups is 1. The summed E-state index contributed by atoms with van der Waals surface area (Å²) < 4.78 is 4.47. The number of nitrogens with two attached hydrogens (primary N) is 1. The lowest BCUT2D eigenvalue weighted by Gasteiger charge is -2.27. The first-order valence-electron chi connectivity index (χ1n) is 5.49. The van der Waals surface area contributed by atoms with Crippen molar-refractivity contribution in [2.45, 2.75) is 30.4 Å². The third-order valence-corrected chi connectivity index (χ3v) is 4.04. The van der Waals surface area contributed by atoms with Gasteiger partial charge in [-0.2, -0.15) is 0 Å². The van der Waals surface area contributed by atoms with Crippen LogP contribution in [0.4, 0.5) is 0 Å². The van der Waals surface area contributed by atoms with Crippen molar-refractivity contribution in [2.75, 3.05) is 7.11 Å². The molecular weight excluding hydrogens is 252 g/mol. The smallest absolute Gasteiger partial charge is 0.321 e. The predicted molar refractivity (Wildman–Crippen MR) is 71.8 cm³/mol. The van der Waals surface area contributed by atoms with Crippen molar-refractivity contribution in [2.24, 2.45) is 5.73 Å². The summed E-state index contributed by atoms with van der Waals surface area (Å²) in [6.45, 7) is 3.63. The van der Waals surface area contributed by atoms with Gasteiger partial charge in [-0.3, -0.25) is 4.79 Å². The van der Waals surface area contributed by atoms with Crippen LogP contribution in [0.1, 0.15) is 19.5 Å². The van der Waals surface area contributed by atoms with Gasteiger partial charge in [-0.15, -0.1) is 11.8 Å². The quantitative estimate of drug-likeness (QED) is 0.815. The zero-order valence-electron chi connectivity index (χ0n) is 10.7. The highest BCUT2D eigenvalue weighted by atomic mass is 32.2. The Bertz CT molecular complexity index is 424. The molecule has 0 saturated heterocycles. The van der Waals surface area contributed by atoms with Crippen molar-refractivity contribution in [1.29, 1.82) is 0 Å². The zero-order chi connectivity index (χ0) is 13.8. The van der Waals surface area contributed by atoms with Crippen molar-refractivity contribution < 1.29 is 14.6 Å². The molecule has 0 amide bonds. The molecule has 1 atom stereocenters. The predicted octanol–water partition coefficient (Wildman–Crippen LogP) is 1.51. The van der Waals surface area contributed by atoms with E-state index in [2.05, 4.69) is 4.98 Å². The number of thioether (sulfide) groups is 1. The van der Waals surface area contributed by atoms with Crippen LogP contribution < -0.4 is 10.5 Å². The lowest BCUT2D eigenvalue weighted by molar-refractivity contribution is -0.139. The number of rotatable bonds is 6. The maximum absolute atomic E-state index is 10.9. The monoisotopic (exact) mass is 270 g/mol. The minimum absolute atomic E-state index is 0.549. The van der Waals surface area contributed by atoms with E-state index in [4.69, 9.17) is 15.6 Å². The normalized spacial score (nSPS) is 13.1. The molecule has 0 aliphatic heterocycles. The number of carboxylic acid groups (broad SMARTS) is 1. The highest BCUT2D eigenvalue weighted by Crippen LogP contribution is 2.30. The van der Waals surface area contributed by atoms with E-state index in [1.807, 2.05) is 26.0 Å². The number of aromatic nitrogens is 1. The van der Waals surface area contributed by atoms with E-state index in [0.717, 1.165) is 5.69 Å². The maximum Gasteiger partial charge on any atom is 0.321 e. The van der Waals surface area contributed by atoms with Crippen LogP contribution in [0.2, 0.25) is 0 Å². The number of methoxy groups -OCH3 is 1. The largest absolute Gasteiger partial charge is 0.481 e. The number of hydrogen-bond donors (Lipinski definition) is 2. The summed E-state index contributed by atoms with van der Waals surface area (Å²) in [6, 6.07) is 4.58. The molecule has 0 unspecified atom stereocenters. The molecule has 5 nitrogen and oxygen atoms in total. The average molecular weight is 270 g/mol. The van der Waals surface area contributed by atoms with Gasteiger partial charge in [-0.25, -0.2) is 4.98 Å². The van der Waals surface area contributed by atoms with Gasteiger partial charge in [0.25, 0.3) is 0 Å². The first-order chi connectivity index (χ1) is 8.36. The number of nitrogens with zero attached hydrogens (tertiary/aromatic N) is 1. The van der Waals surface area contributed by atoms with Gasteiger partial charge >= 0.3 is 5.97 Å². The van der Waals surface area contributed by atoms with Gasteiger partial charge in [0.05, 0.1) is 12.8 Å². The Hall–Kier alpha value is -1.27. The standard InChI is InChI=1S/C12H18N2O3S/c1-12(2,10(13)11(15)16)18-7-8-5-4-6-9(14-8)17-3/h4-6,10H,7,13H2,1-3H3,(H,15,16)/t10-/m0/s1. The molecule has 0 spiro atoms. The summed E-state index contributed by atoms with van der Waals surface area (Å²) in [4.78, 5) is 15.2. The Morgan fingerprint density at radius 2 is 2.28 bits per heavy atom. The Morgan fingerprint density at radius 3 is 2.83 bits per heavy atom. The van der Waals surface area contributed by atoms with E-state index in [1.165, 1.54) is 11.8 Å². The molecule has 18 heavy (non-hydrogen) atoms. The number of pyridine rings is 1. The lowest BCUT2D eigenvalue weighted by atomic mass is 10.1. The van der Waals surface area contributed by atoms with E-state index >= 15 is 0 Å². The topological polar surface area (TPSA) is 85.4 Å². The second-order valence-corrected chi connectivity index (χ2v) is 6.01. The summed E-state index contributed by atoms with van der Waals surface area (Å²) in [5.74, 6) is 0.144. The zero-order valence-corrected chi connectivity index (χ0v) is 11.5. The fourth-order valence-electron chi connectivity index (χ4n) is 1.30. The van der Waals surface area contributed by atoms with Crippen LogP contribution >= 0.6 is 11.8 Å². The van der Waals surface area contributed by atoms with Crippen LogP contribution in [-0.4, -0.2) is 34.0 Å². The third-order valence-electron chi connectivity index (χ3n) is 2.60. The van der Waals surface area contributed by atoms with Crippen LogP contribution in [-0.2, 0) is 10.5 Å². The number of aliphatic carboxylic acids is 1. The van der Waals surface area contributed by atoms with Gasteiger partial charge in [0.1, 0.15) is 6.04 Å². The third kappa shape index (κ3) is 3.89. The van der Waals surface area contributed by atoms with Crippen molar-refractivity contribution in [3.8, 4) is 5.88 Å². The van der Waals surface area contributed by atoms with E-state index in [9.17, 15) is 4.79 Å². The molecule has 0 radical (unpaired) electrons. The fraction of sp³-hybridized carbons (Fsp3) is 0.500. The van der Waals surface area contributed by atoms with Crippen molar-refractivity contribution in [3.63, 3.8) is 0 Å². The van der Waals surface area contributed by atoms with Crippen LogP contribution in [0, 0.1) is 0 Å². The minimum Gasteiger partial charge on any atom is -0.481 e. The summed E-state index contributed by atoms with van der Waals surface area (Å²) in [5.41, 5.74) is 6.49. The number of carboxylic acids is 1. The first kappa shape index (κ1) is 14.8. The highest BCUT2D eigenvalue weighted by Gasteiger charge is 2.32. The van der Waals surface area contributed by atoms with Gasteiger partial charge in [0.2, 0.25) is 5.88 Å². The molecule has 1 heterocycles. The van der Waals surface area contributed by atoms with Gasteiger partial charge in [0.15, 0.2) is 0 Å². The molecular formula is C12H18N2O3S. The van der Waals surface area contributed by atoms with Crippen molar-refractivity contribution in [1.82, 2.24) is 4.98 Å². The molecule has 0 aliphatic carbocycles. The van der Waals surface area contributed by atoms with Crippen molar-refractivity contribution >= 4 is 17.7 Å². The first-order valence-corrected chi connectivity index (χ1v) is 6.47. The Kier molecular flexibility index (Phi) is 4.98. The van der Waals surface area contributed by atoms with Crippen LogP contribution in [0.15, 0.2) is 18.2 Å². The molecule has 0 saturated carbocycles. The fourth-order valence-corrected chi connectivity index (χ4v) is 2.26. The van der Waals surface area contributed by atoms with Crippen LogP contribution in [0.5, 0.6) is 5.88 Å². The molecule has 0 fully saturated rings. The molecule has 6 heteroatoms. The molecule has 3 N–H and O–H groups in total. The Labute approximate surface area is 111 Å². The molecule has 0 aliphatic rings. The number of hydrogen-bond acceptors (Lipinski definition) is 5. The Balaban J connectivity index is 2.66. The molecule has 0 bridgehead atoms. The van der Waals surface area contributed by atoms with Crippen LogP contribution in [0.3, 0.4) is 0 Å². The molecule has 1 rings (SSSR count). The molecule has 1 aromatic heterocycles. The van der Waals surface area contributed by atoms with Gasteiger partial charge in [-0.1, -0.05) is 6.07 Å². The van der Waals surface area contributed by atoms with E-state index in [-0.39, 0.29) is 0 Å². The Morgan fingerprint density at radius 1 is 1.61 bits per heavy atom. The molecule has 100 valence electrons. The van der Waals surface area contributed by atoms with Gasteiger partial charge in [-0.05, 0) is 19.9 Å². The second-order valence-electron chi connectivity index (χ2n) is 4.38. The summed E-state index contributed by atoms with van der Waals surface area (Å²) in [7, 11) is 1.56. The summed E-state index contributed by atoms with van der Waals surface area (Å²) >= 11 is 1.46. The SMILES string of the molecule is COc1cccc(CSC(C)(C)[C@@H](N)C(=O)O)n1.